The van der Waals surface area contributed by atoms with Crippen molar-refractivity contribution in [1.29, 1.82) is 0 Å². The van der Waals surface area contributed by atoms with Crippen LogP contribution in [0, 0.1) is 0 Å². The highest BCUT2D eigenvalue weighted by molar-refractivity contribution is 9.12. The summed E-state index contributed by atoms with van der Waals surface area (Å²) in [5.41, 5.74) is 3.99. The zero-order valence-corrected chi connectivity index (χ0v) is 14.8. The van der Waals surface area contributed by atoms with Gasteiger partial charge in [-0.05, 0) is 21.9 Å². The molecule has 0 unspecified atom stereocenters. The van der Waals surface area contributed by atoms with Crippen LogP contribution in [0.3, 0.4) is 0 Å². The van der Waals surface area contributed by atoms with Crippen LogP contribution in [0.5, 0.6) is 0 Å². The summed E-state index contributed by atoms with van der Waals surface area (Å²) in [6.45, 7) is 0. The summed E-state index contributed by atoms with van der Waals surface area (Å²) in [4.78, 5) is 13.3. The monoisotopic (exact) mass is 414 g/mol. The molecule has 2 atom stereocenters. The normalized spacial score (nSPS) is 19.5. The first-order chi connectivity index (χ1) is 10.7. The number of ketones is 1. The van der Waals surface area contributed by atoms with Crippen molar-refractivity contribution in [3.05, 3.63) is 82.9 Å². The molecule has 0 fully saturated rings. The fraction of sp³-hybridized carbons (Fsp3) is 0.105. The number of hydrogen-bond donors (Lipinski definition) is 0. The summed E-state index contributed by atoms with van der Waals surface area (Å²) in [6, 6.07) is 19.7. The van der Waals surface area contributed by atoms with Gasteiger partial charge < -0.3 is 0 Å². The predicted octanol–water partition coefficient (Wildman–Crippen LogP) is 5.96. The lowest BCUT2D eigenvalue weighted by atomic mass is 9.95. The summed E-state index contributed by atoms with van der Waals surface area (Å²) in [7, 11) is 0. The molecule has 0 saturated heterocycles. The second-order valence-electron chi connectivity index (χ2n) is 5.47. The summed E-state index contributed by atoms with van der Waals surface area (Å²) < 4.78 is 0. The maximum Gasteiger partial charge on any atom is 0.193 e. The van der Waals surface area contributed by atoms with Crippen molar-refractivity contribution in [1.82, 2.24) is 0 Å². The van der Waals surface area contributed by atoms with E-state index in [9.17, 15) is 4.79 Å². The lowest BCUT2D eigenvalue weighted by Crippen LogP contribution is -2.02. The van der Waals surface area contributed by atoms with Crippen LogP contribution >= 0.6 is 31.9 Å². The Hall–Kier alpha value is -1.45. The molecule has 108 valence electrons. The third kappa shape index (κ3) is 1.99. The predicted molar refractivity (Wildman–Crippen MR) is 97.2 cm³/mol. The molecular formula is C19H12Br2O. The minimum Gasteiger partial charge on any atom is -0.289 e. The van der Waals surface area contributed by atoms with Gasteiger partial charge in [-0.3, -0.25) is 4.79 Å². The first-order valence-electron chi connectivity index (χ1n) is 7.12. The van der Waals surface area contributed by atoms with Gasteiger partial charge in [0.1, 0.15) is 0 Å². The highest BCUT2D eigenvalue weighted by Gasteiger charge is 2.31. The number of hydrogen-bond acceptors (Lipinski definition) is 1. The Morgan fingerprint density at radius 2 is 1.45 bits per heavy atom. The summed E-state index contributed by atoms with van der Waals surface area (Å²) >= 11 is 7.50. The molecule has 1 aliphatic rings. The standard InChI is InChI=1S/C19H12Br2O/c20-17-14-8-4-7-12-13(9-10-15(16(12)14)18(17)21)19(22)11-5-2-1-3-6-11/h1-10,17-18H/t17-,18+/m1/s1. The van der Waals surface area contributed by atoms with Crippen LogP contribution in [-0.2, 0) is 0 Å². The molecule has 22 heavy (non-hydrogen) atoms. The van der Waals surface area contributed by atoms with E-state index in [0.717, 1.165) is 16.5 Å². The van der Waals surface area contributed by atoms with E-state index in [2.05, 4.69) is 44.0 Å². The van der Waals surface area contributed by atoms with E-state index in [4.69, 9.17) is 0 Å². The smallest absolute Gasteiger partial charge is 0.193 e. The van der Waals surface area contributed by atoms with E-state index in [1.54, 1.807) is 0 Å². The van der Waals surface area contributed by atoms with E-state index in [-0.39, 0.29) is 15.4 Å². The van der Waals surface area contributed by atoms with Crippen LogP contribution in [0.4, 0.5) is 0 Å². The summed E-state index contributed by atoms with van der Waals surface area (Å²) in [5, 5.41) is 2.24. The van der Waals surface area contributed by atoms with Crippen molar-refractivity contribution in [3.8, 4) is 0 Å². The first-order valence-corrected chi connectivity index (χ1v) is 8.95. The average molecular weight is 416 g/mol. The van der Waals surface area contributed by atoms with Crippen LogP contribution in [-0.4, -0.2) is 5.78 Å². The Balaban J connectivity index is 1.97. The molecule has 0 radical (unpaired) electrons. The molecule has 0 saturated carbocycles. The quantitative estimate of drug-likeness (QED) is 0.373. The van der Waals surface area contributed by atoms with E-state index < -0.39 is 0 Å². The van der Waals surface area contributed by atoms with Crippen molar-refractivity contribution in [2.45, 2.75) is 9.65 Å². The van der Waals surface area contributed by atoms with Crippen molar-refractivity contribution < 1.29 is 4.79 Å². The van der Waals surface area contributed by atoms with Gasteiger partial charge in [-0.1, -0.05) is 92.5 Å². The van der Waals surface area contributed by atoms with Crippen molar-refractivity contribution >= 4 is 48.4 Å². The van der Waals surface area contributed by atoms with Crippen molar-refractivity contribution in [2.24, 2.45) is 0 Å². The SMILES string of the molecule is O=C(c1ccccc1)c1ccc2c3c(cccc13)[C@@H](Br)[C@H]2Br. The third-order valence-electron chi connectivity index (χ3n) is 4.24. The molecule has 0 N–H and O–H groups in total. The zero-order valence-electron chi connectivity index (χ0n) is 11.6. The van der Waals surface area contributed by atoms with Gasteiger partial charge in [0.15, 0.2) is 5.78 Å². The number of benzene rings is 3. The molecule has 4 rings (SSSR count). The Kier molecular flexibility index (Phi) is 3.43. The molecule has 0 bridgehead atoms. The molecule has 1 aliphatic carbocycles. The number of carbonyl (C=O) groups excluding carboxylic acids is 1. The van der Waals surface area contributed by atoms with Crippen LogP contribution in [0.2, 0.25) is 0 Å². The van der Waals surface area contributed by atoms with Crippen LogP contribution in [0.1, 0.15) is 36.7 Å². The molecule has 3 aromatic carbocycles. The van der Waals surface area contributed by atoms with E-state index in [1.807, 2.05) is 48.5 Å². The van der Waals surface area contributed by atoms with Crippen LogP contribution in [0.15, 0.2) is 60.7 Å². The largest absolute Gasteiger partial charge is 0.289 e. The lowest BCUT2D eigenvalue weighted by Gasteiger charge is -2.09. The molecule has 1 nitrogen and oxygen atoms in total. The molecule has 0 aromatic heterocycles. The van der Waals surface area contributed by atoms with Gasteiger partial charge in [0.05, 0.1) is 9.65 Å². The Bertz CT molecular complexity index is 872. The number of alkyl halides is 2. The fourth-order valence-corrected chi connectivity index (χ4v) is 4.51. The first kappa shape index (κ1) is 14.2. The van der Waals surface area contributed by atoms with E-state index >= 15 is 0 Å². The fourth-order valence-electron chi connectivity index (χ4n) is 3.18. The number of halogens is 2. The van der Waals surface area contributed by atoms with Gasteiger partial charge in [-0.25, -0.2) is 0 Å². The Morgan fingerprint density at radius 3 is 2.18 bits per heavy atom. The second-order valence-corrected chi connectivity index (χ2v) is 7.44. The van der Waals surface area contributed by atoms with Gasteiger partial charge in [0, 0.05) is 11.1 Å². The molecular weight excluding hydrogens is 404 g/mol. The minimum atomic E-state index is 0.0773. The van der Waals surface area contributed by atoms with Gasteiger partial charge in [-0.2, -0.15) is 0 Å². The van der Waals surface area contributed by atoms with Crippen LogP contribution < -0.4 is 0 Å². The molecule has 3 heteroatoms. The van der Waals surface area contributed by atoms with Gasteiger partial charge in [0.2, 0.25) is 0 Å². The highest BCUT2D eigenvalue weighted by atomic mass is 79.9. The zero-order chi connectivity index (χ0) is 15.3. The van der Waals surface area contributed by atoms with Gasteiger partial charge in [-0.15, -0.1) is 0 Å². The molecule has 0 spiro atoms. The third-order valence-corrected chi connectivity index (χ3v) is 6.99. The van der Waals surface area contributed by atoms with Crippen molar-refractivity contribution in [2.75, 3.05) is 0 Å². The molecule has 3 aromatic rings. The Morgan fingerprint density at radius 1 is 0.773 bits per heavy atom. The molecule has 0 heterocycles. The van der Waals surface area contributed by atoms with Crippen molar-refractivity contribution in [3.63, 3.8) is 0 Å². The summed E-state index contributed by atoms with van der Waals surface area (Å²) in [6.07, 6.45) is 0. The van der Waals surface area contributed by atoms with E-state index in [1.165, 1.54) is 16.5 Å². The Labute approximate surface area is 145 Å². The molecule has 0 aliphatic heterocycles. The topological polar surface area (TPSA) is 17.1 Å². The van der Waals surface area contributed by atoms with Crippen LogP contribution in [0.25, 0.3) is 10.8 Å². The lowest BCUT2D eigenvalue weighted by molar-refractivity contribution is 0.104. The maximum atomic E-state index is 12.8. The number of carbonyl (C=O) groups is 1. The van der Waals surface area contributed by atoms with E-state index in [0.29, 0.717) is 0 Å². The minimum absolute atomic E-state index is 0.0773. The molecule has 0 amide bonds. The summed E-state index contributed by atoms with van der Waals surface area (Å²) in [5.74, 6) is 0.0773. The van der Waals surface area contributed by atoms with Gasteiger partial charge in [0.25, 0.3) is 0 Å². The highest BCUT2D eigenvalue weighted by Crippen LogP contribution is 2.53. The van der Waals surface area contributed by atoms with Gasteiger partial charge >= 0.3 is 0 Å². The maximum absolute atomic E-state index is 12.8. The second kappa shape index (κ2) is 5.32. The average Bonchev–Trinajstić information content (AvgIpc) is 2.82. The number of rotatable bonds is 2.